The highest BCUT2D eigenvalue weighted by molar-refractivity contribution is 7.92. The molecule has 10 heteroatoms. The summed E-state index contributed by atoms with van der Waals surface area (Å²) in [4.78, 5) is 28.5. The predicted molar refractivity (Wildman–Crippen MR) is 157 cm³/mol. The normalized spacial score (nSPS) is 12.9. The van der Waals surface area contributed by atoms with E-state index >= 15 is 0 Å². The van der Waals surface area contributed by atoms with Crippen molar-refractivity contribution < 1.29 is 18.0 Å². The maximum absolute atomic E-state index is 14.0. The number of benzene rings is 3. The molecule has 0 aliphatic heterocycles. The second kappa shape index (κ2) is 13.3. The number of nitrogens with one attached hydrogen (secondary N) is 1. The van der Waals surface area contributed by atoms with Gasteiger partial charge >= 0.3 is 0 Å². The molecule has 0 heterocycles. The Balaban J connectivity index is 2.05. The summed E-state index contributed by atoms with van der Waals surface area (Å²) in [6, 6.07) is 18.7. The monoisotopic (exact) mass is 589 g/mol. The summed E-state index contributed by atoms with van der Waals surface area (Å²) in [5, 5.41) is 3.84. The number of sulfonamides is 1. The van der Waals surface area contributed by atoms with Gasteiger partial charge < -0.3 is 10.2 Å². The lowest BCUT2D eigenvalue weighted by molar-refractivity contribution is -0.139. The summed E-state index contributed by atoms with van der Waals surface area (Å²) in [6.07, 6.45) is 0.722. The molecule has 3 aromatic rings. The number of carbonyl (C=O) groups excluding carboxylic acids is 2. The fraction of sp³-hybridized carbons (Fsp3) is 0.310. The van der Waals surface area contributed by atoms with Crippen molar-refractivity contribution in [1.29, 1.82) is 0 Å². The van der Waals surface area contributed by atoms with Crippen molar-refractivity contribution in [3.8, 4) is 0 Å². The molecular formula is C29H33Cl2N3O4S. The molecule has 0 radical (unpaired) electrons. The number of halogens is 2. The van der Waals surface area contributed by atoms with E-state index < -0.39 is 28.5 Å². The molecule has 0 aliphatic rings. The zero-order chi connectivity index (χ0) is 28.7. The number of amides is 2. The van der Waals surface area contributed by atoms with Crippen molar-refractivity contribution in [1.82, 2.24) is 10.2 Å². The minimum absolute atomic E-state index is 0.0381. The lowest BCUT2D eigenvalue weighted by atomic mass is 10.1. The van der Waals surface area contributed by atoms with Crippen LogP contribution in [0, 0.1) is 6.92 Å². The second-order valence-corrected chi connectivity index (χ2v) is 12.1. The Labute approximate surface area is 240 Å². The number of hydrogen-bond acceptors (Lipinski definition) is 4. The first kappa shape index (κ1) is 30.5. The lowest BCUT2D eigenvalue weighted by Gasteiger charge is -2.33. The summed E-state index contributed by atoms with van der Waals surface area (Å²) < 4.78 is 28.8. The molecule has 0 aromatic heterocycles. The Morgan fingerprint density at radius 3 is 2.21 bits per heavy atom. The largest absolute Gasteiger partial charge is 0.352 e. The maximum atomic E-state index is 14.0. The van der Waals surface area contributed by atoms with E-state index in [1.165, 1.54) is 17.0 Å². The van der Waals surface area contributed by atoms with E-state index in [-0.39, 0.29) is 23.4 Å². The van der Waals surface area contributed by atoms with Gasteiger partial charge in [0.15, 0.2) is 0 Å². The fourth-order valence-electron chi connectivity index (χ4n) is 4.01. The quantitative estimate of drug-likeness (QED) is 0.305. The third-order valence-corrected chi connectivity index (χ3v) is 8.69. The van der Waals surface area contributed by atoms with Crippen LogP contribution < -0.4 is 9.62 Å². The molecule has 0 saturated carbocycles. The van der Waals surface area contributed by atoms with Gasteiger partial charge in [0.25, 0.3) is 10.0 Å². The highest BCUT2D eigenvalue weighted by Crippen LogP contribution is 2.29. The molecule has 2 amide bonds. The molecule has 3 rings (SSSR count). The average molecular weight is 591 g/mol. The van der Waals surface area contributed by atoms with Crippen molar-refractivity contribution in [2.45, 2.75) is 57.6 Å². The Morgan fingerprint density at radius 1 is 0.923 bits per heavy atom. The standard InChI is InChI=1S/C29H33Cl2N3O4S/c1-5-21(3)32-29(36)22(4)33(18-23-10-9-11-24(30)17-23)28(35)19-34(27-15-14-25(31)16-20(27)2)39(37,38)26-12-7-6-8-13-26/h6-17,21-22H,5,18-19H2,1-4H3,(H,32,36)/t21-,22+/m0/s1. The summed E-state index contributed by atoms with van der Waals surface area (Å²) in [7, 11) is -4.15. The smallest absolute Gasteiger partial charge is 0.264 e. The van der Waals surface area contributed by atoms with Gasteiger partial charge in [-0.25, -0.2) is 8.42 Å². The molecular weight excluding hydrogens is 557 g/mol. The van der Waals surface area contributed by atoms with Crippen LogP contribution in [0.4, 0.5) is 5.69 Å². The molecule has 2 atom stereocenters. The summed E-state index contributed by atoms with van der Waals surface area (Å²) >= 11 is 12.3. The molecule has 3 aromatic carbocycles. The van der Waals surface area contributed by atoms with Crippen LogP contribution in [-0.4, -0.2) is 43.8 Å². The minimum Gasteiger partial charge on any atom is -0.352 e. The maximum Gasteiger partial charge on any atom is 0.264 e. The molecule has 0 bridgehead atoms. The molecule has 1 N–H and O–H groups in total. The second-order valence-electron chi connectivity index (χ2n) is 9.40. The van der Waals surface area contributed by atoms with Gasteiger partial charge in [0.2, 0.25) is 11.8 Å². The van der Waals surface area contributed by atoms with Crippen LogP contribution >= 0.6 is 23.2 Å². The first-order valence-electron chi connectivity index (χ1n) is 12.6. The zero-order valence-electron chi connectivity index (χ0n) is 22.4. The van der Waals surface area contributed by atoms with E-state index in [0.717, 1.165) is 10.7 Å². The van der Waals surface area contributed by atoms with Crippen LogP contribution in [0.5, 0.6) is 0 Å². The summed E-state index contributed by atoms with van der Waals surface area (Å²) in [5.74, 6) is -0.879. The van der Waals surface area contributed by atoms with Crippen LogP contribution in [0.1, 0.15) is 38.3 Å². The van der Waals surface area contributed by atoms with Crippen LogP contribution in [-0.2, 0) is 26.2 Å². The van der Waals surface area contributed by atoms with Crippen molar-refractivity contribution in [3.63, 3.8) is 0 Å². The van der Waals surface area contributed by atoms with E-state index in [9.17, 15) is 18.0 Å². The molecule has 208 valence electrons. The van der Waals surface area contributed by atoms with E-state index in [0.29, 0.717) is 26.9 Å². The fourth-order valence-corrected chi connectivity index (χ4v) is 5.95. The number of aryl methyl sites for hydroxylation is 1. The third kappa shape index (κ3) is 7.75. The molecule has 0 spiro atoms. The molecule has 0 unspecified atom stereocenters. The number of rotatable bonds is 11. The zero-order valence-corrected chi connectivity index (χ0v) is 24.7. The minimum atomic E-state index is -4.15. The van der Waals surface area contributed by atoms with Gasteiger partial charge in [-0.3, -0.25) is 13.9 Å². The van der Waals surface area contributed by atoms with Crippen LogP contribution in [0.2, 0.25) is 10.0 Å². The number of carbonyl (C=O) groups is 2. The van der Waals surface area contributed by atoms with Crippen molar-refractivity contribution in [2.24, 2.45) is 0 Å². The van der Waals surface area contributed by atoms with Crippen LogP contribution in [0.3, 0.4) is 0 Å². The molecule has 39 heavy (non-hydrogen) atoms. The number of anilines is 1. The van der Waals surface area contributed by atoms with Gasteiger partial charge in [-0.1, -0.05) is 60.5 Å². The highest BCUT2D eigenvalue weighted by Gasteiger charge is 2.33. The Kier molecular flexibility index (Phi) is 10.4. The van der Waals surface area contributed by atoms with E-state index in [2.05, 4.69) is 5.32 Å². The Hall–Kier alpha value is -3.07. The first-order chi connectivity index (χ1) is 18.4. The van der Waals surface area contributed by atoms with Crippen molar-refractivity contribution >= 4 is 50.7 Å². The van der Waals surface area contributed by atoms with E-state index in [1.54, 1.807) is 74.5 Å². The topological polar surface area (TPSA) is 86.8 Å². The highest BCUT2D eigenvalue weighted by atomic mass is 35.5. The summed E-state index contributed by atoms with van der Waals surface area (Å²) in [5.41, 5.74) is 1.61. The van der Waals surface area contributed by atoms with Gasteiger partial charge in [0.05, 0.1) is 10.6 Å². The van der Waals surface area contributed by atoms with Gasteiger partial charge in [0, 0.05) is 22.6 Å². The van der Waals surface area contributed by atoms with Gasteiger partial charge in [0.1, 0.15) is 12.6 Å². The third-order valence-electron chi connectivity index (χ3n) is 6.45. The predicted octanol–water partition coefficient (Wildman–Crippen LogP) is 5.83. The first-order valence-corrected chi connectivity index (χ1v) is 14.8. The van der Waals surface area contributed by atoms with Crippen LogP contribution in [0.15, 0.2) is 77.7 Å². The SMILES string of the molecule is CC[C@H](C)NC(=O)[C@@H](C)N(Cc1cccc(Cl)c1)C(=O)CN(c1ccc(Cl)cc1C)S(=O)(=O)c1ccccc1. The number of hydrogen-bond donors (Lipinski definition) is 1. The van der Waals surface area contributed by atoms with Gasteiger partial charge in [-0.15, -0.1) is 0 Å². The van der Waals surface area contributed by atoms with Gasteiger partial charge in [-0.05, 0) is 80.8 Å². The van der Waals surface area contributed by atoms with Gasteiger partial charge in [-0.2, -0.15) is 0 Å². The summed E-state index contributed by atoms with van der Waals surface area (Å²) in [6.45, 7) is 6.72. The molecule has 0 saturated heterocycles. The van der Waals surface area contributed by atoms with E-state index in [1.807, 2.05) is 13.8 Å². The van der Waals surface area contributed by atoms with Crippen molar-refractivity contribution in [2.75, 3.05) is 10.8 Å². The van der Waals surface area contributed by atoms with Crippen molar-refractivity contribution in [3.05, 3.63) is 94.0 Å². The molecule has 7 nitrogen and oxygen atoms in total. The Morgan fingerprint density at radius 2 is 1.59 bits per heavy atom. The Bertz CT molecular complexity index is 1420. The lowest BCUT2D eigenvalue weighted by Crippen LogP contribution is -2.52. The number of nitrogens with zero attached hydrogens (tertiary/aromatic N) is 2. The van der Waals surface area contributed by atoms with Crippen LogP contribution in [0.25, 0.3) is 0 Å². The molecule has 0 aliphatic carbocycles. The average Bonchev–Trinajstić information content (AvgIpc) is 2.90. The molecule has 0 fully saturated rings. The van der Waals surface area contributed by atoms with E-state index in [4.69, 9.17) is 23.2 Å².